The first-order chi connectivity index (χ1) is 11.1. The van der Waals surface area contributed by atoms with Gasteiger partial charge in [-0.2, -0.15) is 0 Å². The van der Waals surface area contributed by atoms with Crippen molar-refractivity contribution in [2.45, 2.75) is 36.8 Å². The molecular weight excluding hydrogens is 304 g/mol. The van der Waals surface area contributed by atoms with Crippen LogP contribution >= 0.6 is 11.8 Å². The average Bonchev–Trinajstić information content (AvgIpc) is 2.91. The second-order valence-electron chi connectivity index (χ2n) is 7.18. The van der Waals surface area contributed by atoms with Gasteiger partial charge < -0.3 is 10.2 Å². The first kappa shape index (κ1) is 16.8. The summed E-state index contributed by atoms with van der Waals surface area (Å²) in [5.41, 5.74) is 0. The van der Waals surface area contributed by atoms with Gasteiger partial charge in [-0.25, -0.2) is 0 Å². The van der Waals surface area contributed by atoms with Crippen molar-refractivity contribution in [3.05, 3.63) is 30.3 Å². The highest BCUT2D eigenvalue weighted by Gasteiger charge is 2.34. The zero-order valence-corrected chi connectivity index (χ0v) is 15.0. The molecule has 2 heterocycles. The van der Waals surface area contributed by atoms with Crippen LogP contribution < -0.4 is 5.32 Å². The molecule has 1 amide bonds. The molecule has 0 bridgehead atoms. The molecule has 23 heavy (non-hydrogen) atoms. The van der Waals surface area contributed by atoms with Gasteiger partial charge in [0.25, 0.3) is 0 Å². The Labute approximate surface area is 144 Å². The molecule has 0 radical (unpaired) electrons. The zero-order valence-electron chi connectivity index (χ0n) is 14.2. The number of benzene rings is 1. The molecule has 0 aromatic heterocycles. The molecule has 1 unspecified atom stereocenters. The van der Waals surface area contributed by atoms with Crippen LogP contribution in [-0.2, 0) is 4.79 Å². The average molecular weight is 333 g/mol. The highest BCUT2D eigenvalue weighted by atomic mass is 32.2. The van der Waals surface area contributed by atoms with E-state index < -0.39 is 0 Å². The third-order valence-corrected chi connectivity index (χ3v) is 6.73. The number of carbonyl (C=O) groups is 1. The van der Waals surface area contributed by atoms with Crippen LogP contribution in [0.15, 0.2) is 35.2 Å². The van der Waals surface area contributed by atoms with Gasteiger partial charge in [-0.1, -0.05) is 32.0 Å². The molecule has 2 fully saturated rings. The normalized spacial score (nSPS) is 26.0. The Hall–Kier alpha value is -1.00. The highest BCUT2D eigenvalue weighted by molar-refractivity contribution is 8.00. The molecule has 3 atom stereocenters. The molecule has 3 rings (SSSR count). The van der Waals surface area contributed by atoms with Crippen molar-refractivity contribution in [1.29, 1.82) is 0 Å². The number of amides is 1. The minimum Gasteiger partial charge on any atom is -0.342 e. The molecule has 0 aliphatic carbocycles. The van der Waals surface area contributed by atoms with Crippen LogP contribution in [0.5, 0.6) is 0 Å². The molecule has 3 nitrogen and oxygen atoms in total. The van der Waals surface area contributed by atoms with Crippen LogP contribution in [0.3, 0.4) is 0 Å². The summed E-state index contributed by atoms with van der Waals surface area (Å²) in [6.07, 6.45) is 2.31. The van der Waals surface area contributed by atoms with Gasteiger partial charge in [0.2, 0.25) is 5.91 Å². The van der Waals surface area contributed by atoms with Gasteiger partial charge in [0, 0.05) is 18.0 Å². The zero-order chi connectivity index (χ0) is 16.2. The van der Waals surface area contributed by atoms with Gasteiger partial charge in [0.05, 0.1) is 5.25 Å². The molecule has 1 aromatic rings. The Morgan fingerprint density at radius 1 is 1.13 bits per heavy atom. The van der Waals surface area contributed by atoms with Crippen LogP contribution in [0.4, 0.5) is 0 Å². The minimum absolute atomic E-state index is 0.0217. The second kappa shape index (κ2) is 7.71. The lowest BCUT2D eigenvalue weighted by molar-refractivity contribution is -0.131. The number of rotatable bonds is 4. The van der Waals surface area contributed by atoms with Crippen LogP contribution in [0.25, 0.3) is 0 Å². The summed E-state index contributed by atoms with van der Waals surface area (Å²) in [5.74, 6) is 2.22. The van der Waals surface area contributed by atoms with Crippen LogP contribution in [0, 0.1) is 17.8 Å². The third-order valence-electron chi connectivity index (χ3n) is 5.19. The van der Waals surface area contributed by atoms with E-state index in [1.165, 1.54) is 4.90 Å². The van der Waals surface area contributed by atoms with Crippen LogP contribution in [-0.4, -0.2) is 42.2 Å². The number of likely N-dealkylation sites (tertiary alicyclic amines) is 1. The van der Waals surface area contributed by atoms with Crippen molar-refractivity contribution in [3.63, 3.8) is 0 Å². The Morgan fingerprint density at radius 3 is 2.30 bits per heavy atom. The summed E-state index contributed by atoms with van der Waals surface area (Å²) in [6.45, 7) is 8.46. The summed E-state index contributed by atoms with van der Waals surface area (Å²) in [7, 11) is 0. The summed E-state index contributed by atoms with van der Waals surface area (Å²) < 4.78 is 0. The number of nitrogens with one attached hydrogen (secondary N) is 1. The maximum absolute atomic E-state index is 13.1. The lowest BCUT2D eigenvalue weighted by Crippen LogP contribution is -2.41. The molecule has 2 aliphatic heterocycles. The first-order valence-corrected chi connectivity index (χ1v) is 9.74. The maximum atomic E-state index is 13.1. The van der Waals surface area contributed by atoms with Crippen molar-refractivity contribution in [1.82, 2.24) is 10.2 Å². The van der Waals surface area contributed by atoms with E-state index in [1.54, 1.807) is 11.8 Å². The standard InChI is InChI=1S/C19H28N2OS/c1-14(2)18(23-17-6-4-3-5-7-17)19(22)21-10-8-15-12-20-13-16(15)9-11-21/h3-7,14-16,18,20H,8-13H2,1-2H3/t15-,16+,18?. The maximum Gasteiger partial charge on any atom is 0.236 e. The Bertz CT molecular complexity index is 505. The van der Waals surface area contributed by atoms with Gasteiger partial charge in [0.1, 0.15) is 0 Å². The van der Waals surface area contributed by atoms with Crippen molar-refractivity contribution < 1.29 is 4.79 Å². The third kappa shape index (κ3) is 4.10. The van der Waals surface area contributed by atoms with Crippen molar-refractivity contribution in [2.24, 2.45) is 17.8 Å². The number of hydrogen-bond acceptors (Lipinski definition) is 3. The van der Waals surface area contributed by atoms with E-state index in [9.17, 15) is 4.79 Å². The van der Waals surface area contributed by atoms with E-state index in [0.717, 1.165) is 50.9 Å². The summed E-state index contributed by atoms with van der Waals surface area (Å²) in [6, 6.07) is 10.3. The summed E-state index contributed by atoms with van der Waals surface area (Å²) in [4.78, 5) is 16.4. The molecule has 0 saturated carbocycles. The number of fused-ring (bicyclic) bond motifs is 1. The van der Waals surface area contributed by atoms with E-state index in [0.29, 0.717) is 11.8 Å². The van der Waals surface area contributed by atoms with Crippen molar-refractivity contribution >= 4 is 17.7 Å². The van der Waals surface area contributed by atoms with Crippen molar-refractivity contribution in [2.75, 3.05) is 26.2 Å². The van der Waals surface area contributed by atoms with Gasteiger partial charge in [-0.3, -0.25) is 4.79 Å². The molecule has 2 aliphatic rings. The van der Waals surface area contributed by atoms with E-state index in [2.05, 4.69) is 36.2 Å². The summed E-state index contributed by atoms with van der Waals surface area (Å²) in [5, 5.41) is 3.52. The SMILES string of the molecule is CC(C)C(Sc1ccccc1)C(=O)N1CC[C@@H]2CNC[C@@H]2CC1. The van der Waals surface area contributed by atoms with Gasteiger partial charge in [-0.05, 0) is 55.8 Å². The molecule has 1 aromatic carbocycles. The van der Waals surface area contributed by atoms with Crippen LogP contribution in [0.2, 0.25) is 0 Å². The Morgan fingerprint density at radius 2 is 1.74 bits per heavy atom. The fourth-order valence-corrected chi connectivity index (χ4v) is 4.87. The van der Waals surface area contributed by atoms with E-state index in [-0.39, 0.29) is 5.25 Å². The highest BCUT2D eigenvalue weighted by Crippen LogP contribution is 2.32. The molecule has 2 saturated heterocycles. The lowest BCUT2D eigenvalue weighted by atomic mass is 9.92. The predicted molar refractivity (Wildman–Crippen MR) is 96.6 cm³/mol. The largest absolute Gasteiger partial charge is 0.342 e. The van der Waals surface area contributed by atoms with Gasteiger partial charge in [0.15, 0.2) is 0 Å². The predicted octanol–water partition coefficient (Wildman–Crippen LogP) is 3.26. The number of carbonyl (C=O) groups excluding carboxylic acids is 1. The van der Waals surface area contributed by atoms with Gasteiger partial charge >= 0.3 is 0 Å². The lowest BCUT2D eigenvalue weighted by Gasteiger charge is -2.28. The topological polar surface area (TPSA) is 32.3 Å². The molecule has 0 spiro atoms. The van der Waals surface area contributed by atoms with E-state index in [4.69, 9.17) is 0 Å². The fraction of sp³-hybridized carbons (Fsp3) is 0.632. The Kier molecular flexibility index (Phi) is 5.65. The first-order valence-electron chi connectivity index (χ1n) is 8.86. The van der Waals surface area contributed by atoms with Crippen LogP contribution in [0.1, 0.15) is 26.7 Å². The number of hydrogen-bond donors (Lipinski definition) is 1. The molecular formula is C19H28N2OS. The van der Waals surface area contributed by atoms with E-state index >= 15 is 0 Å². The molecule has 4 heteroatoms. The quantitative estimate of drug-likeness (QED) is 0.859. The number of nitrogens with zero attached hydrogens (tertiary/aromatic N) is 1. The fourth-order valence-electron chi connectivity index (χ4n) is 3.74. The second-order valence-corrected chi connectivity index (χ2v) is 8.39. The van der Waals surface area contributed by atoms with Gasteiger partial charge in [-0.15, -0.1) is 11.8 Å². The summed E-state index contributed by atoms with van der Waals surface area (Å²) >= 11 is 1.72. The number of thioether (sulfide) groups is 1. The monoisotopic (exact) mass is 332 g/mol. The van der Waals surface area contributed by atoms with E-state index in [1.807, 2.05) is 18.2 Å². The Balaban J connectivity index is 1.66. The minimum atomic E-state index is 0.0217. The van der Waals surface area contributed by atoms with Crippen molar-refractivity contribution in [3.8, 4) is 0 Å². The smallest absolute Gasteiger partial charge is 0.236 e. The molecule has 126 valence electrons. The molecule has 1 N–H and O–H groups in total.